The Kier molecular flexibility index (Phi) is 4.94. The van der Waals surface area contributed by atoms with Crippen LogP contribution < -0.4 is 0 Å². The lowest BCUT2D eigenvalue weighted by Crippen LogP contribution is -2.56. The fourth-order valence-corrected chi connectivity index (χ4v) is 5.00. The third-order valence-corrected chi connectivity index (χ3v) is 7.02. The Morgan fingerprint density at radius 2 is 1.90 bits per heavy atom. The van der Waals surface area contributed by atoms with E-state index in [0.29, 0.717) is 30.1 Å². The molecule has 1 N–H and O–H groups in total. The molecule has 162 valence electrons. The van der Waals surface area contributed by atoms with Crippen LogP contribution in [0.3, 0.4) is 0 Å². The SMILES string of the molecule is Cn1c(C(=O)N2CCN(C3CCC(O)CC3)C(=O)C2)nc2c(C#N)cc(C3CC3)cc21. The number of amides is 2. The highest BCUT2D eigenvalue weighted by Crippen LogP contribution is 2.41. The summed E-state index contributed by atoms with van der Waals surface area (Å²) in [6.45, 7) is 1.01. The number of carbonyl (C=O) groups excluding carboxylic acids is 2. The number of benzene rings is 1. The third kappa shape index (κ3) is 3.57. The molecule has 3 fully saturated rings. The summed E-state index contributed by atoms with van der Waals surface area (Å²) in [5.74, 6) is 0.440. The highest BCUT2D eigenvalue weighted by Gasteiger charge is 2.35. The van der Waals surface area contributed by atoms with Crippen LogP contribution in [0.5, 0.6) is 0 Å². The van der Waals surface area contributed by atoms with Gasteiger partial charge in [-0.05, 0) is 62.1 Å². The number of nitrogens with zero attached hydrogens (tertiary/aromatic N) is 5. The molecule has 2 amide bonds. The van der Waals surface area contributed by atoms with Crippen LogP contribution in [0.25, 0.3) is 11.0 Å². The number of fused-ring (bicyclic) bond motifs is 1. The molecule has 5 rings (SSSR count). The second kappa shape index (κ2) is 7.65. The summed E-state index contributed by atoms with van der Waals surface area (Å²) >= 11 is 0. The normalized spacial score (nSPS) is 24.5. The second-order valence-electron chi connectivity index (χ2n) is 9.09. The van der Waals surface area contributed by atoms with Gasteiger partial charge in [0.25, 0.3) is 5.91 Å². The summed E-state index contributed by atoms with van der Waals surface area (Å²) in [6, 6.07) is 6.31. The van der Waals surface area contributed by atoms with Gasteiger partial charge in [-0.15, -0.1) is 0 Å². The zero-order valence-corrected chi connectivity index (χ0v) is 17.8. The molecular weight excluding hydrogens is 394 g/mol. The lowest BCUT2D eigenvalue weighted by molar-refractivity contribution is -0.138. The van der Waals surface area contributed by atoms with Crippen molar-refractivity contribution < 1.29 is 14.7 Å². The molecule has 3 aliphatic rings. The number of aliphatic hydroxyl groups excluding tert-OH is 1. The maximum absolute atomic E-state index is 13.2. The van der Waals surface area contributed by atoms with Crippen LogP contribution in [0.2, 0.25) is 0 Å². The Labute approximate surface area is 181 Å². The molecule has 1 aliphatic heterocycles. The van der Waals surface area contributed by atoms with Gasteiger partial charge in [-0.2, -0.15) is 5.26 Å². The smallest absolute Gasteiger partial charge is 0.290 e. The number of aryl methyl sites for hydroxylation is 1. The van der Waals surface area contributed by atoms with E-state index in [9.17, 15) is 20.0 Å². The van der Waals surface area contributed by atoms with Gasteiger partial charge in [-0.3, -0.25) is 9.59 Å². The molecule has 2 saturated carbocycles. The molecule has 1 aromatic heterocycles. The Morgan fingerprint density at radius 1 is 1.16 bits per heavy atom. The van der Waals surface area contributed by atoms with Gasteiger partial charge < -0.3 is 19.5 Å². The first-order chi connectivity index (χ1) is 15.0. The first-order valence-corrected chi connectivity index (χ1v) is 11.1. The molecule has 0 radical (unpaired) electrons. The van der Waals surface area contributed by atoms with Gasteiger partial charge >= 0.3 is 0 Å². The number of rotatable bonds is 3. The fourth-order valence-electron chi connectivity index (χ4n) is 5.00. The van der Waals surface area contributed by atoms with E-state index in [1.807, 2.05) is 17.0 Å². The molecule has 31 heavy (non-hydrogen) atoms. The average Bonchev–Trinajstić information content (AvgIpc) is 3.57. The zero-order chi connectivity index (χ0) is 21.7. The minimum absolute atomic E-state index is 0.0412. The number of aromatic nitrogens is 2. The maximum atomic E-state index is 13.2. The Bertz CT molecular complexity index is 1090. The second-order valence-corrected chi connectivity index (χ2v) is 9.09. The van der Waals surface area contributed by atoms with Gasteiger partial charge in [-0.25, -0.2) is 4.98 Å². The molecule has 0 unspecified atom stereocenters. The van der Waals surface area contributed by atoms with E-state index in [0.717, 1.165) is 49.6 Å². The fraction of sp³-hybridized carbons (Fsp3) is 0.565. The van der Waals surface area contributed by atoms with E-state index in [4.69, 9.17) is 0 Å². The molecule has 8 heteroatoms. The largest absolute Gasteiger partial charge is 0.393 e. The molecule has 2 heterocycles. The number of hydrogen-bond acceptors (Lipinski definition) is 5. The average molecular weight is 422 g/mol. The Hall–Kier alpha value is -2.92. The minimum atomic E-state index is -0.275. The lowest BCUT2D eigenvalue weighted by atomic mass is 9.91. The predicted octanol–water partition coefficient (Wildman–Crippen LogP) is 1.91. The summed E-state index contributed by atoms with van der Waals surface area (Å²) in [4.78, 5) is 34.0. The molecule has 1 aromatic carbocycles. The van der Waals surface area contributed by atoms with Crippen LogP contribution in [-0.2, 0) is 11.8 Å². The van der Waals surface area contributed by atoms with Crippen LogP contribution in [0.15, 0.2) is 12.1 Å². The Morgan fingerprint density at radius 3 is 2.55 bits per heavy atom. The Balaban J connectivity index is 1.36. The van der Waals surface area contributed by atoms with Gasteiger partial charge in [0.1, 0.15) is 18.1 Å². The summed E-state index contributed by atoms with van der Waals surface area (Å²) in [5.41, 5.74) is 2.96. The first-order valence-electron chi connectivity index (χ1n) is 11.1. The van der Waals surface area contributed by atoms with Crippen molar-refractivity contribution in [2.24, 2.45) is 7.05 Å². The predicted molar refractivity (Wildman–Crippen MR) is 113 cm³/mol. The maximum Gasteiger partial charge on any atom is 0.290 e. The molecule has 0 spiro atoms. The number of carbonyl (C=O) groups is 2. The monoisotopic (exact) mass is 421 g/mol. The van der Waals surface area contributed by atoms with Crippen LogP contribution in [0.1, 0.15) is 66.2 Å². The van der Waals surface area contributed by atoms with Crippen molar-refractivity contribution in [3.63, 3.8) is 0 Å². The first kappa shape index (κ1) is 20.0. The van der Waals surface area contributed by atoms with Gasteiger partial charge in [0.05, 0.1) is 17.2 Å². The lowest BCUT2D eigenvalue weighted by Gasteiger charge is -2.41. The van der Waals surface area contributed by atoms with E-state index >= 15 is 0 Å². The van der Waals surface area contributed by atoms with E-state index in [-0.39, 0.29) is 36.3 Å². The number of piperazine rings is 1. The van der Waals surface area contributed by atoms with Crippen LogP contribution in [-0.4, -0.2) is 68.1 Å². The number of imidazole rings is 1. The molecule has 0 bridgehead atoms. The van der Waals surface area contributed by atoms with Crippen LogP contribution >= 0.6 is 0 Å². The van der Waals surface area contributed by atoms with Crippen molar-refractivity contribution in [2.75, 3.05) is 19.6 Å². The van der Waals surface area contributed by atoms with E-state index in [1.54, 1.807) is 16.5 Å². The molecule has 8 nitrogen and oxygen atoms in total. The van der Waals surface area contributed by atoms with Crippen molar-refractivity contribution in [2.45, 2.75) is 56.6 Å². The number of aliphatic hydroxyl groups is 1. The molecule has 0 atom stereocenters. The number of nitriles is 1. The van der Waals surface area contributed by atoms with Gasteiger partial charge in [0.15, 0.2) is 5.82 Å². The summed E-state index contributed by atoms with van der Waals surface area (Å²) < 4.78 is 1.75. The highest BCUT2D eigenvalue weighted by atomic mass is 16.3. The standard InChI is InChI=1S/C23H27N5O3/c1-26-19-11-15(14-2-3-14)10-16(12-24)21(19)25-22(26)23(31)27-8-9-28(20(30)13-27)17-4-6-18(29)7-5-17/h10-11,14,17-18,29H,2-9,13H2,1H3. The van der Waals surface area contributed by atoms with Gasteiger partial charge in [-0.1, -0.05) is 0 Å². The molecule has 2 aromatic rings. The zero-order valence-electron chi connectivity index (χ0n) is 17.8. The van der Waals surface area contributed by atoms with Crippen molar-refractivity contribution in [3.8, 4) is 6.07 Å². The van der Waals surface area contributed by atoms with Crippen LogP contribution in [0, 0.1) is 11.3 Å². The van der Waals surface area contributed by atoms with Crippen LogP contribution in [0.4, 0.5) is 0 Å². The van der Waals surface area contributed by atoms with E-state index < -0.39 is 0 Å². The number of hydrogen-bond donors (Lipinski definition) is 1. The van der Waals surface area contributed by atoms with Gasteiger partial charge in [0.2, 0.25) is 5.91 Å². The molecule has 2 aliphatic carbocycles. The quantitative estimate of drug-likeness (QED) is 0.816. The van der Waals surface area contributed by atoms with Crippen molar-refractivity contribution >= 4 is 22.8 Å². The van der Waals surface area contributed by atoms with E-state index in [1.165, 1.54) is 0 Å². The van der Waals surface area contributed by atoms with Crippen molar-refractivity contribution in [1.82, 2.24) is 19.4 Å². The molecule has 1 saturated heterocycles. The van der Waals surface area contributed by atoms with Gasteiger partial charge in [0, 0.05) is 26.2 Å². The minimum Gasteiger partial charge on any atom is -0.393 e. The van der Waals surface area contributed by atoms with E-state index in [2.05, 4.69) is 11.1 Å². The van der Waals surface area contributed by atoms with Crippen molar-refractivity contribution in [1.29, 1.82) is 5.26 Å². The third-order valence-electron chi connectivity index (χ3n) is 7.02. The molecular formula is C23H27N5O3. The summed E-state index contributed by atoms with van der Waals surface area (Å²) in [6.07, 6.45) is 5.07. The highest BCUT2D eigenvalue weighted by molar-refractivity contribution is 5.98. The summed E-state index contributed by atoms with van der Waals surface area (Å²) in [7, 11) is 1.80. The summed E-state index contributed by atoms with van der Waals surface area (Å²) in [5, 5.41) is 19.3. The topological polar surface area (TPSA) is 102 Å². The van der Waals surface area contributed by atoms with Crippen molar-refractivity contribution in [3.05, 3.63) is 29.1 Å².